The maximum Gasteiger partial charge on any atom is 0.400 e. The first kappa shape index (κ1) is 23.9. The van der Waals surface area contributed by atoms with Crippen LogP contribution in [0.25, 0.3) is 21.6 Å². The molecule has 1 unspecified atom stereocenters. The Kier molecular flexibility index (Phi) is 7.03. The number of nitrogens with two attached hydrogens (primary N) is 1. The molecule has 3 aromatic rings. The highest BCUT2D eigenvalue weighted by Crippen LogP contribution is 2.27. The van der Waals surface area contributed by atoms with E-state index < -0.39 is 34.1 Å². The van der Waals surface area contributed by atoms with Crippen molar-refractivity contribution in [2.75, 3.05) is 5.75 Å². The third-order valence-corrected chi connectivity index (χ3v) is 6.92. The van der Waals surface area contributed by atoms with Gasteiger partial charge in [0.1, 0.15) is 27.6 Å². The number of hydroxylamine groups is 1. The second-order valence-corrected chi connectivity index (χ2v) is 9.05. The summed E-state index contributed by atoms with van der Waals surface area (Å²) in [4.78, 5) is 21.0. The van der Waals surface area contributed by atoms with Crippen LogP contribution in [0.5, 0.6) is 0 Å². The molecule has 0 saturated heterocycles. The number of fused-ring (bicyclic) bond motifs is 1. The average Bonchev–Trinajstić information content (AvgIpc) is 3.13. The van der Waals surface area contributed by atoms with Gasteiger partial charge in [-0.05, 0) is 43.2 Å². The molecule has 0 aliphatic rings. The number of hydrogen-bond donors (Lipinski definition) is 1. The van der Waals surface area contributed by atoms with E-state index in [-0.39, 0.29) is 26.5 Å². The largest absolute Gasteiger partial charge is 0.631 e. The third-order valence-electron chi connectivity index (χ3n) is 4.24. The predicted molar refractivity (Wildman–Crippen MR) is 113 cm³/mol. The molecule has 0 spiro atoms. The number of quaternary nitrogens is 1. The Hall–Kier alpha value is -2.74. The summed E-state index contributed by atoms with van der Waals surface area (Å²) in [5, 5.41) is 10.8. The molecule has 0 bridgehead atoms. The standard InChI is InChI=1S/C19H16F4N4O3S2/c1-10(4-3-5-25-29)17-26-16-15(31-17)18(28)27(9-24-16)13-7-14(11(2)6-12(13)20)32(30)8-19(21,22)23/h3-7,9H,8,25H2,1-2H3/b5-3-,10-4+. The Morgan fingerprint density at radius 3 is 2.75 bits per heavy atom. The summed E-state index contributed by atoms with van der Waals surface area (Å²) in [5.74, 6) is -2.47. The number of rotatable bonds is 6. The third kappa shape index (κ3) is 5.18. The number of hydrogen-bond acceptors (Lipinski definition) is 6. The lowest BCUT2D eigenvalue weighted by atomic mass is 10.2. The molecule has 32 heavy (non-hydrogen) atoms. The minimum Gasteiger partial charge on any atom is -0.631 e. The van der Waals surface area contributed by atoms with Crippen LogP contribution in [0.2, 0.25) is 0 Å². The van der Waals surface area contributed by atoms with E-state index in [0.29, 0.717) is 16.1 Å². The van der Waals surface area contributed by atoms with Crippen molar-refractivity contribution < 1.29 is 27.3 Å². The quantitative estimate of drug-likeness (QED) is 0.326. The zero-order chi connectivity index (χ0) is 23.6. The SMILES string of the molecule is C/C(=C\C=C/[NH2+][O-])c1nc2ncn(-c3cc(S(=O)CC(F)(F)F)c(C)cc3F)c(=O)c2s1. The van der Waals surface area contributed by atoms with Crippen LogP contribution in [0, 0.1) is 17.9 Å². The first-order valence-corrected chi connectivity index (χ1v) is 11.1. The van der Waals surface area contributed by atoms with Gasteiger partial charge in [0.15, 0.2) is 5.65 Å². The molecule has 2 N–H and O–H groups in total. The normalized spacial score (nSPS) is 13.9. The van der Waals surface area contributed by atoms with Gasteiger partial charge in [0.25, 0.3) is 5.56 Å². The highest BCUT2D eigenvalue weighted by Gasteiger charge is 2.32. The van der Waals surface area contributed by atoms with E-state index in [1.807, 2.05) is 0 Å². The van der Waals surface area contributed by atoms with Crippen LogP contribution >= 0.6 is 11.3 Å². The molecule has 0 saturated carbocycles. The number of nitrogens with zero attached hydrogens (tertiary/aromatic N) is 3. The molecule has 0 aliphatic carbocycles. The Bertz CT molecular complexity index is 1310. The first-order valence-electron chi connectivity index (χ1n) is 8.94. The van der Waals surface area contributed by atoms with Gasteiger partial charge in [-0.1, -0.05) is 6.08 Å². The molecule has 0 aliphatic heterocycles. The molecule has 2 heterocycles. The lowest BCUT2D eigenvalue weighted by molar-refractivity contribution is -0.514. The average molecular weight is 488 g/mol. The van der Waals surface area contributed by atoms with E-state index in [0.717, 1.165) is 34.4 Å². The van der Waals surface area contributed by atoms with Crippen molar-refractivity contribution in [3.8, 4) is 5.69 Å². The van der Waals surface area contributed by atoms with Crippen LogP contribution in [0.1, 0.15) is 17.5 Å². The van der Waals surface area contributed by atoms with Gasteiger partial charge in [-0.25, -0.2) is 14.4 Å². The highest BCUT2D eigenvalue weighted by molar-refractivity contribution is 7.85. The van der Waals surface area contributed by atoms with Crippen LogP contribution in [0.15, 0.2) is 46.5 Å². The number of aryl methyl sites for hydroxylation is 1. The van der Waals surface area contributed by atoms with E-state index in [4.69, 9.17) is 0 Å². The number of benzene rings is 1. The van der Waals surface area contributed by atoms with Gasteiger partial charge in [-0.3, -0.25) is 13.6 Å². The van der Waals surface area contributed by atoms with Crippen LogP contribution in [-0.4, -0.2) is 30.7 Å². The van der Waals surface area contributed by atoms with Crippen LogP contribution < -0.4 is 11.0 Å². The minimum atomic E-state index is -4.67. The summed E-state index contributed by atoms with van der Waals surface area (Å²) in [7, 11) is -2.47. The second-order valence-electron chi connectivity index (χ2n) is 6.64. The molecule has 0 radical (unpaired) electrons. The van der Waals surface area contributed by atoms with Crippen molar-refractivity contribution in [2.24, 2.45) is 0 Å². The smallest absolute Gasteiger partial charge is 0.400 e. The first-order chi connectivity index (χ1) is 15.0. The van der Waals surface area contributed by atoms with Crippen LogP contribution in [0.4, 0.5) is 17.6 Å². The fraction of sp³-hybridized carbons (Fsp3) is 0.211. The molecule has 3 rings (SSSR count). The van der Waals surface area contributed by atoms with Crippen molar-refractivity contribution >= 4 is 38.1 Å². The summed E-state index contributed by atoms with van der Waals surface area (Å²) in [5.41, 5.74) is 0.409. The maximum absolute atomic E-state index is 14.6. The zero-order valence-electron chi connectivity index (χ0n) is 16.6. The van der Waals surface area contributed by atoms with Crippen molar-refractivity contribution in [2.45, 2.75) is 24.9 Å². The fourth-order valence-electron chi connectivity index (χ4n) is 2.77. The monoisotopic (exact) mass is 488 g/mol. The van der Waals surface area contributed by atoms with Gasteiger partial charge >= 0.3 is 6.18 Å². The highest BCUT2D eigenvalue weighted by atomic mass is 32.2. The van der Waals surface area contributed by atoms with Crippen LogP contribution in [0.3, 0.4) is 0 Å². The van der Waals surface area contributed by atoms with Gasteiger partial charge in [0, 0.05) is 4.90 Å². The number of allylic oxidation sites excluding steroid dienone is 3. The summed E-state index contributed by atoms with van der Waals surface area (Å²) in [6.07, 6.45) is 0.748. The van der Waals surface area contributed by atoms with Crippen molar-refractivity contribution in [1.82, 2.24) is 14.5 Å². The molecule has 0 fully saturated rings. The van der Waals surface area contributed by atoms with Gasteiger partial charge in [0.05, 0.1) is 22.7 Å². The van der Waals surface area contributed by atoms with Crippen molar-refractivity contribution in [3.63, 3.8) is 0 Å². The molecular formula is C19H16F4N4O3S2. The summed E-state index contributed by atoms with van der Waals surface area (Å²) < 4.78 is 65.8. The zero-order valence-corrected chi connectivity index (χ0v) is 18.3. The van der Waals surface area contributed by atoms with Crippen LogP contribution in [-0.2, 0) is 10.8 Å². The Labute approximate surface area is 185 Å². The number of aromatic nitrogens is 3. The molecule has 1 aromatic carbocycles. The molecule has 13 heteroatoms. The number of halogens is 4. The van der Waals surface area contributed by atoms with Crippen molar-refractivity contribution in [3.05, 3.63) is 68.8 Å². The molecule has 0 amide bonds. The van der Waals surface area contributed by atoms with Crippen molar-refractivity contribution in [1.29, 1.82) is 0 Å². The van der Waals surface area contributed by atoms with E-state index in [1.165, 1.54) is 19.2 Å². The number of thiazole rings is 1. The Morgan fingerprint density at radius 2 is 2.09 bits per heavy atom. The molecular weight excluding hydrogens is 472 g/mol. The van der Waals surface area contributed by atoms with Gasteiger partial charge in [-0.15, -0.1) is 11.3 Å². The topological polar surface area (TPSA) is 105 Å². The van der Waals surface area contributed by atoms with E-state index >= 15 is 0 Å². The maximum atomic E-state index is 14.6. The van der Waals surface area contributed by atoms with Gasteiger partial charge in [0.2, 0.25) is 0 Å². The lowest BCUT2D eigenvalue weighted by Crippen LogP contribution is -2.69. The molecule has 170 valence electrons. The Morgan fingerprint density at radius 1 is 1.38 bits per heavy atom. The molecule has 1 atom stereocenters. The summed E-state index contributed by atoms with van der Waals surface area (Å²) >= 11 is 0.998. The fourth-order valence-corrected chi connectivity index (χ4v) is 4.81. The second kappa shape index (κ2) is 9.40. The Balaban J connectivity index is 2.10. The lowest BCUT2D eigenvalue weighted by Gasteiger charge is -2.12. The predicted octanol–water partition coefficient (Wildman–Crippen LogP) is 2.94. The molecule has 7 nitrogen and oxygen atoms in total. The summed E-state index contributed by atoms with van der Waals surface area (Å²) in [6, 6.07) is 1.90. The minimum absolute atomic E-state index is 0.0696. The van der Waals surface area contributed by atoms with Gasteiger partial charge < -0.3 is 10.7 Å². The molecule has 2 aromatic heterocycles. The van der Waals surface area contributed by atoms with E-state index in [9.17, 15) is 31.8 Å². The van der Waals surface area contributed by atoms with E-state index in [1.54, 1.807) is 13.0 Å². The number of alkyl halides is 3. The van der Waals surface area contributed by atoms with Gasteiger partial charge in [-0.2, -0.15) is 13.2 Å². The summed E-state index contributed by atoms with van der Waals surface area (Å²) in [6.45, 7) is 3.05. The van der Waals surface area contributed by atoms with E-state index in [2.05, 4.69) is 9.97 Å².